The van der Waals surface area contributed by atoms with Crippen LogP contribution in [0.25, 0.3) is 0 Å². The van der Waals surface area contributed by atoms with Gasteiger partial charge in [0.25, 0.3) is 0 Å². The molecule has 3 rings (SSSR count). The van der Waals surface area contributed by atoms with E-state index in [1.54, 1.807) is 32.0 Å². The van der Waals surface area contributed by atoms with E-state index in [2.05, 4.69) is 21.2 Å². The lowest BCUT2D eigenvalue weighted by Gasteiger charge is -2.28. The molecule has 0 radical (unpaired) electrons. The van der Waals surface area contributed by atoms with Gasteiger partial charge in [0, 0.05) is 5.70 Å². The number of hydrazone groups is 1. The highest BCUT2D eigenvalue weighted by atomic mass is 35.5. The van der Waals surface area contributed by atoms with Crippen molar-refractivity contribution in [1.82, 2.24) is 16.1 Å². The van der Waals surface area contributed by atoms with Crippen molar-refractivity contribution in [3.05, 3.63) is 57.8 Å². The number of nitrogens with one attached hydrogen (secondary N) is 3. The summed E-state index contributed by atoms with van der Waals surface area (Å²) in [5.74, 6) is 0.0977. The monoisotopic (exact) mass is 548 g/mol. The Hall–Kier alpha value is -4.16. The molecule has 0 saturated heterocycles. The zero-order chi connectivity index (χ0) is 27.8. The fourth-order valence-corrected chi connectivity index (χ4v) is 3.86. The molecule has 13 heteroatoms. The van der Waals surface area contributed by atoms with E-state index >= 15 is 0 Å². The molecule has 38 heavy (non-hydrogen) atoms. The molecule has 2 atom stereocenters. The molecule has 0 aliphatic carbocycles. The number of rotatable bonds is 11. The van der Waals surface area contributed by atoms with Crippen LogP contribution in [0, 0.1) is 0 Å². The minimum Gasteiger partial charge on any atom is -0.503 e. The molecule has 2 aromatic carbocycles. The fraction of sp³-hybridized carbons (Fsp3) is 0.320. The zero-order valence-electron chi connectivity index (χ0n) is 21.2. The minimum atomic E-state index is -1.19. The van der Waals surface area contributed by atoms with Crippen molar-refractivity contribution in [1.29, 1.82) is 0 Å². The van der Waals surface area contributed by atoms with Crippen LogP contribution >= 0.6 is 11.6 Å². The van der Waals surface area contributed by atoms with Crippen molar-refractivity contribution < 1.29 is 38.7 Å². The van der Waals surface area contributed by atoms with Gasteiger partial charge in [-0.3, -0.25) is 5.43 Å². The Morgan fingerprint density at radius 2 is 1.97 bits per heavy atom. The van der Waals surface area contributed by atoms with Crippen LogP contribution in [0.2, 0.25) is 5.02 Å². The van der Waals surface area contributed by atoms with Crippen molar-refractivity contribution in [2.24, 2.45) is 5.10 Å². The molecule has 0 fully saturated rings. The summed E-state index contributed by atoms with van der Waals surface area (Å²) in [5.41, 5.74) is 4.26. The van der Waals surface area contributed by atoms with Crippen LogP contribution in [-0.2, 0) is 9.53 Å². The molecule has 204 valence electrons. The summed E-state index contributed by atoms with van der Waals surface area (Å²) in [7, 11) is 2.66. The number of halogens is 1. The van der Waals surface area contributed by atoms with Gasteiger partial charge in [-0.05, 0) is 49.2 Å². The van der Waals surface area contributed by atoms with Crippen molar-refractivity contribution in [2.45, 2.75) is 26.1 Å². The highest BCUT2D eigenvalue weighted by molar-refractivity contribution is 6.32. The number of urea groups is 1. The second-order valence-corrected chi connectivity index (χ2v) is 8.38. The van der Waals surface area contributed by atoms with Gasteiger partial charge in [-0.1, -0.05) is 17.7 Å². The number of phenols is 1. The van der Waals surface area contributed by atoms with Gasteiger partial charge in [-0.25, -0.2) is 9.59 Å². The second kappa shape index (κ2) is 12.9. The van der Waals surface area contributed by atoms with Gasteiger partial charge in [-0.15, -0.1) is 0 Å². The van der Waals surface area contributed by atoms with Crippen LogP contribution in [0.3, 0.4) is 0 Å². The first-order valence-electron chi connectivity index (χ1n) is 11.5. The number of carbonyl (C=O) groups is 2. The molecular weight excluding hydrogens is 520 g/mol. The maximum atomic E-state index is 12.4. The van der Waals surface area contributed by atoms with Crippen LogP contribution in [0.5, 0.6) is 23.0 Å². The molecule has 5 N–H and O–H groups in total. The van der Waals surface area contributed by atoms with Gasteiger partial charge in [0.15, 0.2) is 29.2 Å². The number of ether oxygens (including phenoxy) is 4. The Labute approximate surface area is 224 Å². The van der Waals surface area contributed by atoms with Crippen LogP contribution in [0.4, 0.5) is 4.79 Å². The summed E-state index contributed by atoms with van der Waals surface area (Å²) < 4.78 is 21.3. The number of benzene rings is 2. The van der Waals surface area contributed by atoms with E-state index in [4.69, 9.17) is 30.5 Å². The normalized spacial score (nSPS) is 15.9. The van der Waals surface area contributed by atoms with Crippen LogP contribution in [0.1, 0.15) is 31.0 Å². The maximum absolute atomic E-state index is 12.4. The molecule has 0 bridgehead atoms. The van der Waals surface area contributed by atoms with E-state index in [1.807, 2.05) is 0 Å². The second-order valence-electron chi connectivity index (χ2n) is 7.97. The average molecular weight is 549 g/mol. The molecule has 0 unspecified atom stereocenters. The Kier molecular flexibility index (Phi) is 9.63. The largest absolute Gasteiger partial charge is 0.503 e. The first-order chi connectivity index (χ1) is 18.2. The predicted molar refractivity (Wildman–Crippen MR) is 139 cm³/mol. The number of hydrogen-bond donors (Lipinski definition) is 5. The Bertz CT molecular complexity index is 1250. The SMILES string of the molecule is CCOc1cc([C@@H]2NC(=O)NC(C)=C2C(=O)OC)ccc1OC[C@H](O)N/N=C\c1cc(Cl)c(O)c(OC)c1. The Morgan fingerprint density at radius 3 is 2.66 bits per heavy atom. The van der Waals surface area contributed by atoms with Crippen molar-refractivity contribution in [3.8, 4) is 23.0 Å². The highest BCUT2D eigenvalue weighted by Gasteiger charge is 2.32. The number of esters is 1. The van der Waals surface area contributed by atoms with E-state index in [0.717, 1.165) is 0 Å². The predicted octanol–water partition coefficient (Wildman–Crippen LogP) is 2.57. The molecule has 0 aromatic heterocycles. The van der Waals surface area contributed by atoms with Crippen molar-refractivity contribution >= 4 is 29.8 Å². The molecular formula is C25H29ClN4O8. The third kappa shape index (κ3) is 6.78. The van der Waals surface area contributed by atoms with E-state index < -0.39 is 24.3 Å². The van der Waals surface area contributed by atoms with Gasteiger partial charge in [0.1, 0.15) is 6.61 Å². The zero-order valence-corrected chi connectivity index (χ0v) is 22.0. The average Bonchev–Trinajstić information content (AvgIpc) is 2.89. The molecule has 12 nitrogen and oxygen atoms in total. The van der Waals surface area contributed by atoms with Crippen LogP contribution in [-0.4, -0.2) is 62.1 Å². The minimum absolute atomic E-state index is 0.0926. The van der Waals surface area contributed by atoms with E-state index in [1.165, 1.54) is 32.6 Å². The molecule has 1 aliphatic heterocycles. The van der Waals surface area contributed by atoms with E-state index in [9.17, 15) is 19.8 Å². The molecule has 0 saturated carbocycles. The number of methoxy groups -OCH3 is 2. The number of phenolic OH excluding ortho intramolecular Hbond substituents is 1. The molecule has 1 heterocycles. The smallest absolute Gasteiger partial charge is 0.337 e. The van der Waals surface area contributed by atoms with Gasteiger partial charge in [0.05, 0.1) is 43.7 Å². The fourth-order valence-electron chi connectivity index (χ4n) is 3.64. The van der Waals surface area contributed by atoms with Crippen LogP contribution in [0.15, 0.2) is 46.7 Å². The standard InChI is InChI=1S/C25H29ClN4O8/c1-5-37-18-10-15(22-21(24(33)36-4)13(2)28-25(34)29-22)6-7-17(18)38-12-20(31)30-27-11-14-8-16(26)23(32)19(9-14)35-3/h6-11,20,22,30-32H,5,12H2,1-4H3,(H2,28,29,34)/b27-11-/t20-,22-/m0/s1. The summed E-state index contributed by atoms with van der Waals surface area (Å²) >= 11 is 5.96. The number of amides is 2. The Morgan fingerprint density at radius 1 is 1.21 bits per heavy atom. The third-order valence-corrected chi connectivity index (χ3v) is 5.67. The van der Waals surface area contributed by atoms with Crippen molar-refractivity contribution in [3.63, 3.8) is 0 Å². The molecule has 1 aliphatic rings. The van der Waals surface area contributed by atoms with Gasteiger partial charge < -0.3 is 39.8 Å². The lowest BCUT2D eigenvalue weighted by Crippen LogP contribution is -2.45. The van der Waals surface area contributed by atoms with Crippen LogP contribution < -0.4 is 30.3 Å². The van der Waals surface area contributed by atoms with E-state index in [-0.39, 0.29) is 28.7 Å². The lowest BCUT2D eigenvalue weighted by atomic mass is 9.95. The summed E-state index contributed by atoms with van der Waals surface area (Å²) in [6, 6.07) is 6.71. The maximum Gasteiger partial charge on any atom is 0.337 e. The number of allylic oxidation sites excluding steroid dienone is 1. The molecule has 2 aromatic rings. The molecule has 0 spiro atoms. The number of aromatic hydroxyl groups is 1. The third-order valence-electron chi connectivity index (χ3n) is 5.38. The Balaban J connectivity index is 1.70. The summed E-state index contributed by atoms with van der Waals surface area (Å²) in [6.45, 7) is 3.54. The number of hydrogen-bond acceptors (Lipinski definition) is 10. The number of aliphatic hydroxyl groups is 1. The highest BCUT2D eigenvalue weighted by Crippen LogP contribution is 2.35. The van der Waals surface area contributed by atoms with Gasteiger partial charge in [0.2, 0.25) is 0 Å². The lowest BCUT2D eigenvalue weighted by molar-refractivity contribution is -0.136. The quantitative estimate of drug-likeness (QED) is 0.123. The van der Waals surface area contributed by atoms with Crippen molar-refractivity contribution in [2.75, 3.05) is 27.4 Å². The van der Waals surface area contributed by atoms with Gasteiger partial charge in [-0.2, -0.15) is 5.10 Å². The summed E-state index contributed by atoms with van der Waals surface area (Å²) in [6.07, 6.45) is 0.203. The first-order valence-corrected chi connectivity index (χ1v) is 11.9. The summed E-state index contributed by atoms with van der Waals surface area (Å²) in [4.78, 5) is 24.4. The molecule has 2 amide bonds. The van der Waals surface area contributed by atoms with Gasteiger partial charge >= 0.3 is 12.0 Å². The number of aliphatic hydroxyl groups excluding tert-OH is 1. The summed E-state index contributed by atoms with van der Waals surface area (Å²) in [5, 5.41) is 29.4. The first kappa shape index (κ1) is 28.4. The topological polar surface area (TPSA) is 160 Å². The van der Waals surface area contributed by atoms with E-state index in [0.29, 0.717) is 34.9 Å². The number of nitrogens with zero attached hydrogens (tertiary/aromatic N) is 1. The number of carbonyl (C=O) groups excluding carboxylic acids is 2.